The Labute approximate surface area is 136 Å². The highest BCUT2D eigenvalue weighted by molar-refractivity contribution is 5.88. The summed E-state index contributed by atoms with van der Waals surface area (Å²) < 4.78 is 0. The minimum Gasteiger partial charge on any atom is -0.478 e. The number of hydrogen-bond donors (Lipinski definition) is 1. The largest absolute Gasteiger partial charge is 0.478 e. The molecule has 0 bridgehead atoms. The van der Waals surface area contributed by atoms with Gasteiger partial charge in [-0.15, -0.1) is 0 Å². The van der Waals surface area contributed by atoms with Crippen molar-refractivity contribution in [3.05, 3.63) is 34.9 Å². The van der Waals surface area contributed by atoms with E-state index in [1.54, 1.807) is 6.07 Å². The minimum absolute atomic E-state index is 0.0819. The molecule has 23 heavy (non-hydrogen) atoms. The summed E-state index contributed by atoms with van der Waals surface area (Å²) in [5, 5.41) is 9.12. The van der Waals surface area contributed by atoms with E-state index >= 15 is 0 Å². The molecule has 4 heteroatoms. The summed E-state index contributed by atoms with van der Waals surface area (Å²) in [6.45, 7) is 1.84. The molecule has 1 saturated carbocycles. The molecule has 1 saturated heterocycles. The summed E-state index contributed by atoms with van der Waals surface area (Å²) in [4.78, 5) is 25.6. The van der Waals surface area contributed by atoms with Crippen LogP contribution in [0.5, 0.6) is 0 Å². The summed E-state index contributed by atoms with van der Waals surface area (Å²) in [7, 11) is 0. The average molecular weight is 313 g/mol. The summed E-state index contributed by atoms with van der Waals surface area (Å²) in [6.07, 6.45) is 7.33. The van der Waals surface area contributed by atoms with Gasteiger partial charge in [0.05, 0.1) is 5.56 Å². The van der Waals surface area contributed by atoms with Gasteiger partial charge in [-0.1, -0.05) is 12.5 Å². The number of hydrogen-bond acceptors (Lipinski definition) is 2. The number of nitrogens with zero attached hydrogens (tertiary/aromatic N) is 1. The van der Waals surface area contributed by atoms with E-state index in [2.05, 4.69) is 4.90 Å². The van der Waals surface area contributed by atoms with Gasteiger partial charge in [-0.3, -0.25) is 4.79 Å². The first-order valence-electron chi connectivity index (χ1n) is 8.68. The first-order chi connectivity index (χ1) is 11.0. The van der Waals surface area contributed by atoms with Crippen molar-refractivity contribution in [2.75, 3.05) is 13.1 Å². The zero-order valence-electron chi connectivity index (χ0n) is 13.4. The van der Waals surface area contributed by atoms with E-state index in [9.17, 15) is 9.59 Å². The van der Waals surface area contributed by atoms with Gasteiger partial charge in [0.15, 0.2) is 0 Å². The van der Waals surface area contributed by atoms with E-state index in [0.717, 1.165) is 43.8 Å². The molecule has 3 aliphatic rings. The van der Waals surface area contributed by atoms with Gasteiger partial charge in [-0.2, -0.15) is 0 Å². The number of carboxylic acids is 1. The number of carbonyl (C=O) groups excluding carboxylic acids is 1. The monoisotopic (exact) mass is 313 g/mol. The lowest BCUT2D eigenvalue weighted by Crippen LogP contribution is -2.36. The molecule has 4 rings (SSSR count). The van der Waals surface area contributed by atoms with Crippen molar-refractivity contribution in [2.45, 2.75) is 44.9 Å². The highest BCUT2D eigenvalue weighted by Gasteiger charge is 2.45. The average Bonchev–Trinajstić information content (AvgIpc) is 2.78. The Morgan fingerprint density at radius 1 is 1.26 bits per heavy atom. The van der Waals surface area contributed by atoms with Crippen molar-refractivity contribution in [1.29, 1.82) is 0 Å². The standard InChI is InChI=1S/C19H23NO3/c21-17-10-19(12-20(17)11-13-2-1-3-13)7-6-14-8-15(18(22)23)4-5-16(14)9-19/h4-5,8,13H,1-3,6-7,9-12H2,(H,22,23). The summed E-state index contributed by atoms with van der Waals surface area (Å²) in [6, 6.07) is 5.47. The highest BCUT2D eigenvalue weighted by Crippen LogP contribution is 2.44. The molecule has 1 heterocycles. The molecular weight excluding hydrogens is 290 g/mol. The molecule has 1 spiro atoms. The fraction of sp³-hybridized carbons (Fsp3) is 0.579. The van der Waals surface area contributed by atoms with Gasteiger partial charge in [-0.05, 0) is 61.3 Å². The van der Waals surface area contributed by atoms with E-state index in [1.165, 1.54) is 24.8 Å². The van der Waals surface area contributed by atoms with Crippen molar-refractivity contribution in [3.63, 3.8) is 0 Å². The normalized spacial score (nSPS) is 27.1. The SMILES string of the molecule is O=C(O)c1ccc2c(c1)CCC1(CC(=O)N(CC3CCC3)C1)C2. The van der Waals surface area contributed by atoms with E-state index < -0.39 is 5.97 Å². The lowest BCUT2D eigenvalue weighted by molar-refractivity contribution is -0.128. The van der Waals surface area contributed by atoms with Gasteiger partial charge in [0, 0.05) is 24.9 Å². The van der Waals surface area contributed by atoms with Crippen molar-refractivity contribution in [2.24, 2.45) is 11.3 Å². The second-order valence-electron chi connectivity index (χ2n) is 7.71. The van der Waals surface area contributed by atoms with Gasteiger partial charge in [0.25, 0.3) is 0 Å². The quantitative estimate of drug-likeness (QED) is 0.933. The van der Waals surface area contributed by atoms with Crippen molar-refractivity contribution >= 4 is 11.9 Å². The van der Waals surface area contributed by atoms with Gasteiger partial charge in [-0.25, -0.2) is 4.79 Å². The first kappa shape index (κ1) is 14.7. The van der Waals surface area contributed by atoms with Gasteiger partial charge in [0.2, 0.25) is 5.91 Å². The van der Waals surface area contributed by atoms with Crippen LogP contribution in [0.15, 0.2) is 18.2 Å². The van der Waals surface area contributed by atoms with Crippen LogP contribution in [0.25, 0.3) is 0 Å². The maximum atomic E-state index is 12.4. The molecule has 1 N–H and O–H groups in total. The lowest BCUT2D eigenvalue weighted by Gasteiger charge is -2.35. The van der Waals surface area contributed by atoms with Crippen LogP contribution in [0.4, 0.5) is 0 Å². The third-order valence-electron chi connectivity index (χ3n) is 6.05. The molecule has 1 unspecified atom stereocenters. The number of carbonyl (C=O) groups is 2. The first-order valence-corrected chi connectivity index (χ1v) is 8.68. The number of amides is 1. The van der Waals surface area contributed by atoms with Gasteiger partial charge < -0.3 is 10.0 Å². The second-order valence-corrected chi connectivity index (χ2v) is 7.71. The predicted molar refractivity (Wildman–Crippen MR) is 86.4 cm³/mol. The third kappa shape index (κ3) is 2.64. The molecule has 0 aromatic heterocycles. The summed E-state index contributed by atoms with van der Waals surface area (Å²) >= 11 is 0. The van der Waals surface area contributed by atoms with Crippen molar-refractivity contribution in [1.82, 2.24) is 4.90 Å². The third-order valence-corrected chi connectivity index (χ3v) is 6.05. The van der Waals surface area contributed by atoms with E-state index in [1.807, 2.05) is 12.1 Å². The molecule has 2 aliphatic carbocycles. The molecule has 1 aromatic carbocycles. The van der Waals surface area contributed by atoms with Gasteiger partial charge >= 0.3 is 5.97 Å². The Balaban J connectivity index is 1.51. The molecular formula is C19H23NO3. The van der Waals surface area contributed by atoms with Crippen LogP contribution in [-0.2, 0) is 17.6 Å². The smallest absolute Gasteiger partial charge is 0.335 e. The molecule has 1 aromatic rings. The van der Waals surface area contributed by atoms with Crippen LogP contribution in [0.3, 0.4) is 0 Å². The highest BCUT2D eigenvalue weighted by atomic mass is 16.4. The van der Waals surface area contributed by atoms with Gasteiger partial charge in [0.1, 0.15) is 0 Å². The van der Waals surface area contributed by atoms with E-state index in [4.69, 9.17) is 5.11 Å². The maximum Gasteiger partial charge on any atom is 0.335 e. The fourth-order valence-corrected chi connectivity index (χ4v) is 4.48. The predicted octanol–water partition coefficient (Wildman–Crippen LogP) is 2.89. The van der Waals surface area contributed by atoms with E-state index in [-0.39, 0.29) is 5.41 Å². The molecule has 1 aliphatic heterocycles. The van der Waals surface area contributed by atoms with Crippen molar-refractivity contribution < 1.29 is 14.7 Å². The molecule has 4 nitrogen and oxygen atoms in total. The number of aryl methyl sites for hydroxylation is 1. The summed E-state index contributed by atoms with van der Waals surface area (Å²) in [5.74, 6) is 0.182. The van der Waals surface area contributed by atoms with E-state index in [0.29, 0.717) is 17.9 Å². The fourth-order valence-electron chi connectivity index (χ4n) is 4.48. The molecule has 0 radical (unpaired) electrons. The number of likely N-dealkylation sites (tertiary alicyclic amines) is 1. The number of aromatic carboxylic acids is 1. The number of benzene rings is 1. The van der Waals surface area contributed by atoms with Crippen LogP contribution in [-0.4, -0.2) is 35.0 Å². The molecule has 1 amide bonds. The topological polar surface area (TPSA) is 57.6 Å². The Bertz CT molecular complexity index is 665. The van der Waals surface area contributed by atoms with Crippen molar-refractivity contribution in [3.8, 4) is 0 Å². The zero-order chi connectivity index (χ0) is 16.0. The Morgan fingerprint density at radius 3 is 2.78 bits per heavy atom. The van der Waals surface area contributed by atoms with Crippen LogP contribution in [0, 0.1) is 11.3 Å². The van der Waals surface area contributed by atoms with Crippen LogP contribution in [0.2, 0.25) is 0 Å². The molecule has 122 valence electrons. The zero-order valence-corrected chi connectivity index (χ0v) is 13.4. The van der Waals surface area contributed by atoms with Crippen LogP contribution in [0.1, 0.15) is 53.6 Å². The molecule has 2 fully saturated rings. The Hall–Kier alpha value is -1.84. The Morgan fingerprint density at radius 2 is 2.09 bits per heavy atom. The van der Waals surface area contributed by atoms with Crippen LogP contribution < -0.4 is 0 Å². The maximum absolute atomic E-state index is 12.4. The number of rotatable bonds is 3. The second kappa shape index (κ2) is 5.36. The number of fused-ring (bicyclic) bond motifs is 1. The summed E-state index contributed by atoms with van der Waals surface area (Å²) in [5.41, 5.74) is 2.84. The number of carboxylic acid groups (broad SMARTS) is 1. The Kier molecular flexibility index (Phi) is 3.43. The van der Waals surface area contributed by atoms with Crippen LogP contribution >= 0.6 is 0 Å². The molecule has 1 atom stereocenters. The lowest BCUT2D eigenvalue weighted by atomic mass is 9.70. The minimum atomic E-state index is -0.865.